The highest BCUT2D eigenvalue weighted by Gasteiger charge is 2.00. The van der Waals surface area contributed by atoms with Crippen molar-refractivity contribution in [2.75, 3.05) is 7.05 Å². The zero-order chi connectivity index (χ0) is 8.97. The summed E-state index contributed by atoms with van der Waals surface area (Å²) in [5.74, 6) is 0.468. The van der Waals surface area contributed by atoms with E-state index in [1.165, 1.54) is 4.88 Å². The topological polar surface area (TPSA) is 50.4 Å². The van der Waals surface area contributed by atoms with E-state index in [9.17, 15) is 0 Å². The van der Waals surface area contributed by atoms with E-state index in [0.717, 1.165) is 11.0 Å². The number of rotatable bonds is 2. The molecule has 1 aromatic heterocycles. The molecule has 0 spiro atoms. The van der Waals surface area contributed by atoms with Crippen LogP contribution in [0.15, 0.2) is 20.9 Å². The fourth-order valence-electron chi connectivity index (χ4n) is 0.701. The maximum Gasteiger partial charge on any atom is 0.188 e. The first-order chi connectivity index (χ1) is 5.74. The van der Waals surface area contributed by atoms with E-state index in [2.05, 4.69) is 26.2 Å². The van der Waals surface area contributed by atoms with Crippen molar-refractivity contribution < 1.29 is 0 Å². The summed E-state index contributed by atoms with van der Waals surface area (Å²) in [4.78, 5) is 5.01. The first-order valence-electron chi connectivity index (χ1n) is 3.42. The lowest BCUT2D eigenvalue weighted by Crippen LogP contribution is -2.30. The highest BCUT2D eigenvalue weighted by atomic mass is 79.9. The Morgan fingerprint density at radius 3 is 3.08 bits per heavy atom. The van der Waals surface area contributed by atoms with Gasteiger partial charge in [-0.1, -0.05) is 0 Å². The van der Waals surface area contributed by atoms with Gasteiger partial charge in [0.2, 0.25) is 0 Å². The van der Waals surface area contributed by atoms with Crippen LogP contribution in [0.1, 0.15) is 4.88 Å². The molecule has 0 saturated carbocycles. The number of hydrogen-bond donors (Lipinski definition) is 2. The van der Waals surface area contributed by atoms with Crippen LogP contribution in [-0.4, -0.2) is 13.0 Å². The summed E-state index contributed by atoms with van der Waals surface area (Å²) in [6.07, 6.45) is 0. The number of halogens is 1. The Morgan fingerprint density at radius 1 is 1.83 bits per heavy atom. The monoisotopic (exact) mass is 247 g/mol. The number of guanidine groups is 1. The van der Waals surface area contributed by atoms with Gasteiger partial charge in [-0.2, -0.15) is 0 Å². The van der Waals surface area contributed by atoms with Gasteiger partial charge in [0, 0.05) is 16.4 Å². The van der Waals surface area contributed by atoms with Crippen LogP contribution in [0.3, 0.4) is 0 Å². The second-order valence-corrected chi connectivity index (χ2v) is 4.01. The van der Waals surface area contributed by atoms with Crippen LogP contribution >= 0.6 is 27.3 Å². The quantitative estimate of drug-likeness (QED) is 0.616. The van der Waals surface area contributed by atoms with Gasteiger partial charge in [0.05, 0.1) is 6.54 Å². The summed E-state index contributed by atoms with van der Waals surface area (Å²) < 4.78 is 1.11. The van der Waals surface area contributed by atoms with Gasteiger partial charge >= 0.3 is 0 Å². The van der Waals surface area contributed by atoms with E-state index >= 15 is 0 Å². The fraction of sp³-hybridized carbons (Fsp3) is 0.286. The van der Waals surface area contributed by atoms with Gasteiger partial charge in [0.1, 0.15) is 0 Å². The van der Waals surface area contributed by atoms with Crippen molar-refractivity contribution in [3.8, 4) is 0 Å². The SMILES string of the molecule is CN=C(N)NCc1sccc1Br. The molecular weight excluding hydrogens is 238 g/mol. The van der Waals surface area contributed by atoms with Gasteiger partial charge in [-0.3, -0.25) is 4.99 Å². The van der Waals surface area contributed by atoms with Crippen molar-refractivity contribution in [1.82, 2.24) is 5.32 Å². The van der Waals surface area contributed by atoms with Crippen molar-refractivity contribution in [2.24, 2.45) is 10.7 Å². The zero-order valence-corrected chi connectivity index (χ0v) is 9.08. The Hall–Kier alpha value is -0.550. The molecule has 0 aliphatic heterocycles. The zero-order valence-electron chi connectivity index (χ0n) is 6.67. The van der Waals surface area contributed by atoms with E-state index in [1.54, 1.807) is 18.4 Å². The molecule has 0 bridgehead atoms. The predicted octanol–water partition coefficient (Wildman–Crippen LogP) is 1.54. The molecule has 0 unspecified atom stereocenters. The minimum atomic E-state index is 0.468. The third kappa shape index (κ3) is 2.49. The minimum absolute atomic E-state index is 0.468. The second-order valence-electron chi connectivity index (χ2n) is 2.15. The van der Waals surface area contributed by atoms with Crippen LogP contribution in [0, 0.1) is 0 Å². The van der Waals surface area contributed by atoms with Gasteiger partial charge in [0.15, 0.2) is 5.96 Å². The van der Waals surface area contributed by atoms with Crippen LogP contribution in [-0.2, 0) is 6.54 Å². The lowest BCUT2D eigenvalue weighted by Gasteiger charge is -2.02. The normalized spacial score (nSPS) is 11.7. The number of thiophene rings is 1. The number of nitrogens with one attached hydrogen (secondary N) is 1. The molecule has 0 amide bonds. The molecule has 0 radical (unpaired) electrons. The molecule has 3 nitrogen and oxygen atoms in total. The van der Waals surface area contributed by atoms with Gasteiger partial charge in [-0.05, 0) is 27.4 Å². The molecule has 12 heavy (non-hydrogen) atoms. The van der Waals surface area contributed by atoms with Crippen LogP contribution in [0.4, 0.5) is 0 Å². The first-order valence-corrected chi connectivity index (χ1v) is 5.09. The van der Waals surface area contributed by atoms with E-state index in [0.29, 0.717) is 5.96 Å². The molecule has 66 valence electrons. The Kier molecular flexibility index (Phi) is 3.55. The highest BCUT2D eigenvalue weighted by Crippen LogP contribution is 2.21. The summed E-state index contributed by atoms with van der Waals surface area (Å²) in [5, 5.41) is 5.01. The molecule has 1 heterocycles. The molecular formula is C7H10BrN3S. The van der Waals surface area contributed by atoms with Gasteiger partial charge in [-0.15, -0.1) is 11.3 Å². The summed E-state index contributed by atoms with van der Waals surface area (Å²) in [6.45, 7) is 0.724. The Bertz CT molecular complexity index is 282. The first kappa shape index (κ1) is 9.54. The number of aliphatic imine (C=N–C) groups is 1. The lowest BCUT2D eigenvalue weighted by atomic mass is 10.5. The maximum absolute atomic E-state index is 5.47. The molecule has 0 saturated heterocycles. The van der Waals surface area contributed by atoms with E-state index < -0.39 is 0 Å². The molecule has 0 atom stereocenters. The summed E-state index contributed by atoms with van der Waals surface area (Å²) >= 11 is 5.11. The standard InChI is InChI=1S/C7H10BrN3S/c1-10-7(9)11-4-6-5(8)2-3-12-6/h2-3H,4H2,1H3,(H3,9,10,11). The van der Waals surface area contributed by atoms with Crippen molar-refractivity contribution in [3.63, 3.8) is 0 Å². The van der Waals surface area contributed by atoms with Crippen molar-refractivity contribution in [2.45, 2.75) is 6.54 Å². The average Bonchev–Trinajstić information content (AvgIpc) is 2.47. The molecule has 5 heteroatoms. The van der Waals surface area contributed by atoms with E-state index in [1.807, 2.05) is 11.4 Å². The van der Waals surface area contributed by atoms with Gasteiger partial charge in [-0.25, -0.2) is 0 Å². The van der Waals surface area contributed by atoms with Crippen molar-refractivity contribution in [1.29, 1.82) is 0 Å². The van der Waals surface area contributed by atoms with Crippen LogP contribution in [0.25, 0.3) is 0 Å². The largest absolute Gasteiger partial charge is 0.370 e. The maximum atomic E-state index is 5.47. The summed E-state index contributed by atoms with van der Waals surface area (Å²) in [6, 6.07) is 2.01. The summed E-state index contributed by atoms with van der Waals surface area (Å²) in [5.41, 5.74) is 5.47. The minimum Gasteiger partial charge on any atom is -0.370 e. The molecule has 1 rings (SSSR count). The van der Waals surface area contributed by atoms with Crippen LogP contribution in [0.5, 0.6) is 0 Å². The molecule has 0 aliphatic rings. The highest BCUT2D eigenvalue weighted by molar-refractivity contribution is 9.10. The molecule has 3 N–H and O–H groups in total. The van der Waals surface area contributed by atoms with Crippen molar-refractivity contribution >= 4 is 33.2 Å². The number of nitrogens with zero attached hydrogens (tertiary/aromatic N) is 1. The number of hydrogen-bond acceptors (Lipinski definition) is 2. The van der Waals surface area contributed by atoms with Gasteiger partial charge < -0.3 is 11.1 Å². The molecule has 1 aromatic rings. The smallest absolute Gasteiger partial charge is 0.188 e. The molecule has 0 aliphatic carbocycles. The van der Waals surface area contributed by atoms with Gasteiger partial charge in [0.25, 0.3) is 0 Å². The average molecular weight is 248 g/mol. The Balaban J connectivity index is 2.49. The third-order valence-electron chi connectivity index (χ3n) is 1.36. The van der Waals surface area contributed by atoms with E-state index in [-0.39, 0.29) is 0 Å². The molecule has 0 fully saturated rings. The Morgan fingerprint density at radius 2 is 2.58 bits per heavy atom. The number of nitrogens with two attached hydrogens (primary N) is 1. The Labute approximate surface area is 83.8 Å². The summed E-state index contributed by atoms with van der Waals surface area (Å²) in [7, 11) is 1.66. The van der Waals surface area contributed by atoms with Crippen LogP contribution in [0.2, 0.25) is 0 Å². The predicted molar refractivity (Wildman–Crippen MR) is 56.4 cm³/mol. The fourth-order valence-corrected chi connectivity index (χ4v) is 2.13. The second kappa shape index (κ2) is 4.47. The third-order valence-corrected chi connectivity index (χ3v) is 3.29. The van der Waals surface area contributed by atoms with E-state index in [4.69, 9.17) is 5.73 Å². The van der Waals surface area contributed by atoms with Crippen molar-refractivity contribution in [3.05, 3.63) is 20.8 Å². The molecule has 0 aromatic carbocycles. The van der Waals surface area contributed by atoms with Crippen LogP contribution < -0.4 is 11.1 Å². The lowest BCUT2D eigenvalue weighted by molar-refractivity contribution is 0.915.